The van der Waals surface area contributed by atoms with Crippen molar-refractivity contribution in [3.05, 3.63) is 86.8 Å². The molecule has 1 N–H and O–H groups in total. The van der Waals surface area contributed by atoms with Crippen LogP contribution in [0.15, 0.2) is 74.5 Å². The van der Waals surface area contributed by atoms with Crippen LogP contribution < -0.4 is 10.9 Å². The number of halogens is 1. The predicted molar refractivity (Wildman–Crippen MR) is 106 cm³/mol. The van der Waals surface area contributed by atoms with Gasteiger partial charge in [-0.1, -0.05) is 34.1 Å². The summed E-state index contributed by atoms with van der Waals surface area (Å²) < 4.78 is 7.45. The summed E-state index contributed by atoms with van der Waals surface area (Å²) in [4.78, 5) is 25.1. The van der Waals surface area contributed by atoms with Crippen molar-refractivity contribution in [2.45, 2.75) is 0 Å². The highest BCUT2D eigenvalue weighted by Gasteiger charge is 2.19. The second-order valence-electron chi connectivity index (χ2n) is 5.85. The van der Waals surface area contributed by atoms with E-state index in [-0.39, 0.29) is 16.9 Å². The molecule has 2 aromatic carbocycles. The number of nitriles is 1. The van der Waals surface area contributed by atoms with Crippen LogP contribution in [0.2, 0.25) is 0 Å². The zero-order valence-corrected chi connectivity index (χ0v) is 15.8. The number of nitrogens with zero attached hydrogens (tertiary/aromatic N) is 3. The molecule has 8 heteroatoms. The van der Waals surface area contributed by atoms with E-state index in [0.717, 1.165) is 4.47 Å². The Bertz CT molecular complexity index is 1300. The number of hydrogen-bond acceptors (Lipinski definition) is 5. The first-order valence-corrected chi connectivity index (χ1v) is 8.94. The minimum atomic E-state index is -0.767. The van der Waals surface area contributed by atoms with E-state index in [0.29, 0.717) is 16.7 Å². The Morgan fingerprint density at radius 2 is 1.96 bits per heavy atom. The first kappa shape index (κ1) is 17.7. The molecule has 0 saturated heterocycles. The second kappa shape index (κ2) is 7.13. The van der Waals surface area contributed by atoms with Crippen molar-refractivity contribution in [2.75, 3.05) is 5.32 Å². The molecule has 2 heterocycles. The number of amides is 1. The van der Waals surface area contributed by atoms with Gasteiger partial charge in [0.15, 0.2) is 5.82 Å². The number of nitrogens with one attached hydrogen (secondary N) is 1. The highest BCUT2D eigenvalue weighted by Crippen LogP contribution is 2.22. The number of anilines is 1. The Morgan fingerprint density at radius 1 is 1.18 bits per heavy atom. The lowest BCUT2D eigenvalue weighted by molar-refractivity contribution is 0.102. The predicted octanol–water partition coefficient (Wildman–Crippen LogP) is 3.87. The molecule has 0 aliphatic rings. The molecule has 0 aliphatic heterocycles. The van der Waals surface area contributed by atoms with Gasteiger partial charge in [-0.05, 0) is 36.4 Å². The summed E-state index contributed by atoms with van der Waals surface area (Å²) in [5.41, 5.74) is 0.266. The van der Waals surface area contributed by atoms with Crippen molar-refractivity contribution in [1.29, 1.82) is 5.26 Å². The number of carbonyl (C=O) groups is 1. The fourth-order valence-corrected chi connectivity index (χ4v) is 3.12. The maximum absolute atomic E-state index is 12.8. The summed E-state index contributed by atoms with van der Waals surface area (Å²) in [6, 6.07) is 17.6. The summed E-state index contributed by atoms with van der Waals surface area (Å²) in [6.07, 6.45) is 1.35. The lowest BCUT2D eigenvalue weighted by Crippen LogP contribution is -2.22. The van der Waals surface area contributed by atoms with Gasteiger partial charge in [0.2, 0.25) is 0 Å². The normalized spacial score (nSPS) is 10.6. The summed E-state index contributed by atoms with van der Waals surface area (Å²) in [5.74, 6) is -0.516. The van der Waals surface area contributed by atoms with Crippen molar-refractivity contribution in [1.82, 2.24) is 9.78 Å². The molecule has 0 aliphatic carbocycles. The molecule has 0 bridgehead atoms. The number of fused-ring (bicyclic) bond motifs is 1. The standard InChI is InChI=1S/C20H11BrN4O3/c21-14-6-7-17-12(8-14)9-16(20(27)28-17)19(26)24-18-13(10-22)11-23-25(18)15-4-2-1-3-5-15/h1-9,11H,(H,24,26). The van der Waals surface area contributed by atoms with E-state index in [4.69, 9.17) is 4.42 Å². The molecule has 0 saturated carbocycles. The van der Waals surface area contributed by atoms with Crippen molar-refractivity contribution >= 4 is 38.6 Å². The highest BCUT2D eigenvalue weighted by molar-refractivity contribution is 9.10. The average Bonchev–Trinajstić information content (AvgIpc) is 3.11. The van der Waals surface area contributed by atoms with Crippen LogP contribution in [0.5, 0.6) is 0 Å². The zero-order valence-electron chi connectivity index (χ0n) is 14.2. The number of rotatable bonds is 3. The van der Waals surface area contributed by atoms with Gasteiger partial charge >= 0.3 is 5.63 Å². The molecule has 2 aromatic heterocycles. The summed E-state index contributed by atoms with van der Waals surface area (Å²) in [5, 5.41) is 16.7. The summed E-state index contributed by atoms with van der Waals surface area (Å²) in [6.45, 7) is 0. The molecule has 4 rings (SSSR count). The lowest BCUT2D eigenvalue weighted by Gasteiger charge is -2.09. The van der Waals surface area contributed by atoms with Gasteiger partial charge < -0.3 is 9.73 Å². The molecule has 7 nitrogen and oxygen atoms in total. The van der Waals surface area contributed by atoms with Crippen LogP contribution >= 0.6 is 15.9 Å². The van der Waals surface area contributed by atoms with Gasteiger partial charge in [-0.25, -0.2) is 9.48 Å². The molecular formula is C20H11BrN4O3. The number of benzene rings is 2. The Labute approximate surface area is 167 Å². The van der Waals surface area contributed by atoms with Gasteiger partial charge in [0, 0.05) is 9.86 Å². The van der Waals surface area contributed by atoms with Crippen molar-refractivity contribution in [3.8, 4) is 11.8 Å². The van der Waals surface area contributed by atoms with E-state index in [1.807, 2.05) is 24.3 Å². The lowest BCUT2D eigenvalue weighted by atomic mass is 10.2. The van der Waals surface area contributed by atoms with E-state index in [2.05, 4.69) is 26.3 Å². The Hall–Kier alpha value is -3.70. The Kier molecular flexibility index (Phi) is 4.51. The topological polar surface area (TPSA) is 101 Å². The Balaban J connectivity index is 1.76. The average molecular weight is 435 g/mol. The molecule has 136 valence electrons. The fourth-order valence-electron chi connectivity index (χ4n) is 2.74. The molecule has 4 aromatic rings. The van der Waals surface area contributed by atoms with E-state index in [1.54, 1.807) is 30.3 Å². The van der Waals surface area contributed by atoms with Gasteiger partial charge in [-0.3, -0.25) is 4.79 Å². The number of hydrogen-bond donors (Lipinski definition) is 1. The maximum Gasteiger partial charge on any atom is 0.349 e. The third kappa shape index (κ3) is 3.19. The molecular weight excluding hydrogens is 424 g/mol. The molecule has 1 amide bonds. The summed E-state index contributed by atoms with van der Waals surface area (Å²) >= 11 is 3.35. The zero-order chi connectivity index (χ0) is 19.7. The SMILES string of the molecule is N#Cc1cnn(-c2ccccc2)c1NC(=O)c1cc2cc(Br)ccc2oc1=O. The van der Waals surface area contributed by atoms with Crippen LogP contribution in [0, 0.1) is 11.3 Å². The smallest absolute Gasteiger partial charge is 0.349 e. The second-order valence-corrected chi connectivity index (χ2v) is 6.77. The third-order valence-electron chi connectivity index (χ3n) is 4.06. The number of carbonyl (C=O) groups excluding carboxylic acids is 1. The van der Waals surface area contributed by atoms with Crippen LogP contribution in [0.4, 0.5) is 5.82 Å². The van der Waals surface area contributed by atoms with Gasteiger partial charge in [-0.15, -0.1) is 0 Å². The van der Waals surface area contributed by atoms with Crippen LogP contribution in [-0.2, 0) is 0 Å². The number of para-hydroxylation sites is 1. The van der Waals surface area contributed by atoms with E-state index >= 15 is 0 Å². The van der Waals surface area contributed by atoms with Crippen LogP contribution in [-0.4, -0.2) is 15.7 Å². The van der Waals surface area contributed by atoms with Crippen molar-refractivity contribution in [3.63, 3.8) is 0 Å². The first-order chi connectivity index (χ1) is 13.6. The minimum Gasteiger partial charge on any atom is -0.422 e. The van der Waals surface area contributed by atoms with Crippen LogP contribution in [0.1, 0.15) is 15.9 Å². The number of aromatic nitrogens is 2. The van der Waals surface area contributed by atoms with Gasteiger partial charge in [0.05, 0.1) is 11.9 Å². The minimum absolute atomic E-state index is 0.171. The summed E-state index contributed by atoms with van der Waals surface area (Å²) in [7, 11) is 0. The van der Waals surface area contributed by atoms with Crippen LogP contribution in [0.3, 0.4) is 0 Å². The van der Waals surface area contributed by atoms with Gasteiger partial charge in [0.1, 0.15) is 22.8 Å². The fraction of sp³-hybridized carbons (Fsp3) is 0. The van der Waals surface area contributed by atoms with E-state index in [1.165, 1.54) is 16.9 Å². The van der Waals surface area contributed by atoms with Gasteiger partial charge in [-0.2, -0.15) is 10.4 Å². The molecule has 0 atom stereocenters. The molecule has 0 radical (unpaired) electrons. The largest absolute Gasteiger partial charge is 0.422 e. The van der Waals surface area contributed by atoms with E-state index in [9.17, 15) is 14.9 Å². The first-order valence-electron chi connectivity index (χ1n) is 8.15. The quantitative estimate of drug-likeness (QED) is 0.493. The molecule has 0 spiro atoms. The van der Waals surface area contributed by atoms with E-state index < -0.39 is 11.5 Å². The van der Waals surface area contributed by atoms with Crippen LogP contribution in [0.25, 0.3) is 16.7 Å². The third-order valence-corrected chi connectivity index (χ3v) is 4.55. The van der Waals surface area contributed by atoms with Crippen molar-refractivity contribution in [2.24, 2.45) is 0 Å². The van der Waals surface area contributed by atoms with Crippen molar-refractivity contribution < 1.29 is 9.21 Å². The monoisotopic (exact) mass is 434 g/mol. The van der Waals surface area contributed by atoms with Gasteiger partial charge in [0.25, 0.3) is 5.91 Å². The molecule has 28 heavy (non-hydrogen) atoms. The molecule has 0 unspecified atom stereocenters. The Morgan fingerprint density at radius 3 is 2.71 bits per heavy atom. The molecule has 0 fully saturated rings. The highest BCUT2D eigenvalue weighted by atomic mass is 79.9. The maximum atomic E-state index is 12.8.